The van der Waals surface area contributed by atoms with Gasteiger partial charge in [0.1, 0.15) is 0 Å². The van der Waals surface area contributed by atoms with Crippen LogP contribution in [0.5, 0.6) is 0 Å². The maximum Gasteiger partial charge on any atom is 0.347 e. The van der Waals surface area contributed by atoms with Crippen LogP contribution in [-0.2, 0) is 4.79 Å². The van der Waals surface area contributed by atoms with Crippen molar-refractivity contribution in [1.29, 1.82) is 0 Å². The van der Waals surface area contributed by atoms with Crippen molar-refractivity contribution in [3.05, 3.63) is 98.4 Å². The van der Waals surface area contributed by atoms with Crippen molar-refractivity contribution in [2.45, 2.75) is 6.42 Å². The molecule has 1 aliphatic rings. The fraction of sp³-hybridized carbons (Fsp3) is 0.0800. The number of amides is 3. The average Bonchev–Trinajstić information content (AvgIpc) is 3.12. The van der Waals surface area contributed by atoms with E-state index in [4.69, 9.17) is 4.42 Å². The lowest BCUT2D eigenvalue weighted by atomic mass is 10.1. The molecule has 0 atom stereocenters. The Kier molecular flexibility index (Phi) is 5.57. The predicted octanol–water partition coefficient (Wildman–Crippen LogP) is 3.39. The fourth-order valence-electron chi connectivity index (χ4n) is 3.87. The Hall–Kier alpha value is -5.19. The number of anilines is 1. The van der Waals surface area contributed by atoms with Gasteiger partial charge in [0.2, 0.25) is 11.8 Å². The molecular formula is C25H16N4O7. The lowest BCUT2D eigenvalue weighted by molar-refractivity contribution is -0.384. The number of hydrogen-bond donors (Lipinski definition) is 1. The third kappa shape index (κ3) is 4.09. The van der Waals surface area contributed by atoms with E-state index in [0.29, 0.717) is 22.2 Å². The lowest BCUT2D eigenvalue weighted by Gasteiger charge is -2.13. The van der Waals surface area contributed by atoms with E-state index in [1.54, 1.807) is 48.5 Å². The molecule has 4 aromatic rings. The summed E-state index contributed by atoms with van der Waals surface area (Å²) >= 11 is 0. The predicted molar refractivity (Wildman–Crippen MR) is 127 cm³/mol. The molecule has 3 aromatic carbocycles. The Balaban J connectivity index is 1.23. The Labute approximate surface area is 202 Å². The van der Waals surface area contributed by atoms with Crippen LogP contribution in [0.25, 0.3) is 22.4 Å². The van der Waals surface area contributed by atoms with Gasteiger partial charge in [-0.05, 0) is 42.5 Å². The molecule has 2 heterocycles. The molecule has 1 N–H and O–H groups in total. The van der Waals surface area contributed by atoms with Gasteiger partial charge in [-0.1, -0.05) is 12.1 Å². The third-order valence-corrected chi connectivity index (χ3v) is 5.68. The van der Waals surface area contributed by atoms with Gasteiger partial charge in [0, 0.05) is 36.3 Å². The summed E-state index contributed by atoms with van der Waals surface area (Å²) in [4.78, 5) is 65.2. The van der Waals surface area contributed by atoms with Crippen molar-refractivity contribution in [2.75, 3.05) is 11.9 Å². The zero-order valence-electron chi connectivity index (χ0n) is 18.5. The second-order valence-corrected chi connectivity index (χ2v) is 7.95. The third-order valence-electron chi connectivity index (χ3n) is 5.68. The molecule has 0 aliphatic carbocycles. The Morgan fingerprint density at radius 2 is 1.69 bits per heavy atom. The summed E-state index contributed by atoms with van der Waals surface area (Å²) in [7, 11) is 0. The van der Waals surface area contributed by atoms with Crippen molar-refractivity contribution >= 4 is 40.0 Å². The zero-order valence-corrected chi connectivity index (χ0v) is 18.5. The number of carbonyl (C=O) groups is 3. The van der Waals surface area contributed by atoms with Crippen molar-refractivity contribution in [3.8, 4) is 11.5 Å². The van der Waals surface area contributed by atoms with E-state index in [0.717, 1.165) is 17.0 Å². The molecule has 0 bridgehead atoms. The van der Waals surface area contributed by atoms with Crippen LogP contribution >= 0.6 is 0 Å². The van der Waals surface area contributed by atoms with Crippen molar-refractivity contribution in [3.63, 3.8) is 0 Å². The van der Waals surface area contributed by atoms with Crippen LogP contribution in [0.4, 0.5) is 11.4 Å². The average molecular weight is 484 g/mol. The summed E-state index contributed by atoms with van der Waals surface area (Å²) in [6.45, 7) is -0.184. The monoisotopic (exact) mass is 484 g/mol. The Morgan fingerprint density at radius 1 is 0.972 bits per heavy atom. The summed E-state index contributed by atoms with van der Waals surface area (Å²) in [5.41, 5.74) is 0.700. The SMILES string of the molecule is O=C(CCN1C(=O)c2ccc([N+](=O)[O-])cc2C1=O)Nc1ccc(-c2nc3ccccc3c(=O)o2)cc1. The van der Waals surface area contributed by atoms with Gasteiger partial charge < -0.3 is 9.73 Å². The van der Waals surface area contributed by atoms with Gasteiger partial charge in [-0.25, -0.2) is 9.78 Å². The highest BCUT2D eigenvalue weighted by Gasteiger charge is 2.36. The molecule has 0 unspecified atom stereocenters. The van der Waals surface area contributed by atoms with Crippen LogP contribution in [0.2, 0.25) is 0 Å². The number of rotatable bonds is 6. The summed E-state index contributed by atoms with van der Waals surface area (Å²) in [5.74, 6) is -1.59. The number of fused-ring (bicyclic) bond motifs is 2. The highest BCUT2D eigenvalue weighted by atomic mass is 16.6. The van der Waals surface area contributed by atoms with E-state index < -0.39 is 28.3 Å². The number of nitrogens with one attached hydrogen (secondary N) is 1. The Morgan fingerprint density at radius 3 is 2.44 bits per heavy atom. The molecule has 11 nitrogen and oxygen atoms in total. The number of nitrogens with zero attached hydrogens (tertiary/aromatic N) is 3. The molecule has 5 rings (SSSR count). The number of nitro groups is 1. The van der Waals surface area contributed by atoms with Gasteiger partial charge in [-0.3, -0.25) is 29.4 Å². The fourth-order valence-corrected chi connectivity index (χ4v) is 3.87. The topological polar surface area (TPSA) is 153 Å². The van der Waals surface area contributed by atoms with Crippen molar-refractivity contribution in [1.82, 2.24) is 9.88 Å². The van der Waals surface area contributed by atoms with Crippen LogP contribution in [0.3, 0.4) is 0 Å². The van der Waals surface area contributed by atoms with Crippen LogP contribution in [0.1, 0.15) is 27.1 Å². The first-order valence-corrected chi connectivity index (χ1v) is 10.8. The number of imide groups is 1. The maximum absolute atomic E-state index is 12.5. The summed E-state index contributed by atoms with van der Waals surface area (Å²) in [6.07, 6.45) is -0.170. The second kappa shape index (κ2) is 8.87. The van der Waals surface area contributed by atoms with Crippen LogP contribution in [-0.4, -0.2) is 39.1 Å². The van der Waals surface area contributed by atoms with Gasteiger partial charge in [-0.15, -0.1) is 0 Å². The van der Waals surface area contributed by atoms with Crippen LogP contribution < -0.4 is 10.9 Å². The molecule has 1 aliphatic heterocycles. The van der Waals surface area contributed by atoms with Gasteiger partial charge in [-0.2, -0.15) is 0 Å². The summed E-state index contributed by atoms with van der Waals surface area (Å²) < 4.78 is 5.30. The van der Waals surface area contributed by atoms with Gasteiger partial charge in [0.25, 0.3) is 17.5 Å². The molecule has 3 amide bonds. The maximum atomic E-state index is 12.5. The smallest absolute Gasteiger partial charge is 0.347 e. The number of benzene rings is 3. The number of hydrogen-bond acceptors (Lipinski definition) is 8. The number of non-ortho nitro benzene ring substituents is 1. The van der Waals surface area contributed by atoms with Crippen molar-refractivity contribution < 1.29 is 23.7 Å². The van der Waals surface area contributed by atoms with E-state index >= 15 is 0 Å². The quantitative estimate of drug-likeness (QED) is 0.248. The van der Waals surface area contributed by atoms with E-state index in [1.165, 1.54) is 6.07 Å². The minimum absolute atomic E-state index is 0.0563. The lowest BCUT2D eigenvalue weighted by Crippen LogP contribution is -2.32. The number of para-hydroxylation sites is 1. The number of carbonyl (C=O) groups excluding carboxylic acids is 3. The molecule has 11 heteroatoms. The molecule has 36 heavy (non-hydrogen) atoms. The standard InChI is InChI=1S/C25H16N4O7/c30-21(11-12-28-23(31)17-10-9-16(29(34)35)13-19(17)24(28)32)26-15-7-5-14(6-8-15)22-27-20-4-2-1-3-18(20)25(33)36-22/h1-10,13H,11-12H2,(H,26,30). The first-order valence-electron chi connectivity index (χ1n) is 10.8. The van der Waals surface area contributed by atoms with E-state index in [1.807, 2.05) is 0 Å². The molecule has 0 saturated carbocycles. The minimum atomic E-state index is -0.680. The summed E-state index contributed by atoms with van der Waals surface area (Å²) in [5, 5.41) is 14.0. The normalized spacial score (nSPS) is 12.6. The number of aromatic nitrogens is 1. The Bertz CT molecular complexity index is 1630. The minimum Gasteiger partial charge on any atom is -0.403 e. The molecule has 0 saturated heterocycles. The number of nitro benzene ring substituents is 1. The molecule has 0 radical (unpaired) electrons. The zero-order chi connectivity index (χ0) is 25.4. The first-order chi connectivity index (χ1) is 17.3. The van der Waals surface area contributed by atoms with Gasteiger partial charge in [0.15, 0.2) is 0 Å². The van der Waals surface area contributed by atoms with Crippen molar-refractivity contribution in [2.24, 2.45) is 0 Å². The van der Waals surface area contributed by atoms with Gasteiger partial charge in [0.05, 0.1) is 27.0 Å². The van der Waals surface area contributed by atoms with Crippen LogP contribution in [0.15, 0.2) is 75.9 Å². The van der Waals surface area contributed by atoms with Crippen LogP contribution in [0, 0.1) is 10.1 Å². The van der Waals surface area contributed by atoms with Gasteiger partial charge >= 0.3 is 5.63 Å². The van der Waals surface area contributed by atoms with E-state index in [-0.39, 0.29) is 35.7 Å². The van der Waals surface area contributed by atoms with E-state index in [9.17, 15) is 29.3 Å². The molecule has 0 spiro atoms. The molecule has 0 fully saturated rings. The first kappa shape index (κ1) is 22.6. The highest BCUT2D eigenvalue weighted by molar-refractivity contribution is 6.21. The summed E-state index contributed by atoms with van der Waals surface area (Å²) in [6, 6.07) is 16.7. The second-order valence-electron chi connectivity index (χ2n) is 7.95. The molecule has 1 aromatic heterocycles. The largest absolute Gasteiger partial charge is 0.403 e. The molecule has 178 valence electrons. The van der Waals surface area contributed by atoms with E-state index in [2.05, 4.69) is 10.3 Å². The molecular weight excluding hydrogens is 468 g/mol. The highest BCUT2D eigenvalue weighted by Crippen LogP contribution is 2.27.